The summed E-state index contributed by atoms with van der Waals surface area (Å²) in [5.41, 5.74) is 0. The molecule has 1 aromatic rings. The van der Waals surface area contributed by atoms with Gasteiger partial charge in [0, 0.05) is 25.7 Å². The molecule has 2 rings (SSSR count). The highest BCUT2D eigenvalue weighted by Crippen LogP contribution is 2.39. The smallest absolute Gasteiger partial charge is 0.247 e. The van der Waals surface area contributed by atoms with Gasteiger partial charge in [0.05, 0.1) is 6.54 Å². The van der Waals surface area contributed by atoms with E-state index in [1.807, 2.05) is 13.8 Å². The lowest BCUT2D eigenvalue weighted by atomic mass is 10.3. The lowest BCUT2D eigenvalue weighted by Gasteiger charge is -2.15. The first-order chi connectivity index (χ1) is 9.71. The molecule has 0 spiro atoms. The van der Waals surface area contributed by atoms with Crippen molar-refractivity contribution < 1.29 is 12.8 Å². The molecule has 7 heteroatoms. The van der Waals surface area contributed by atoms with Crippen LogP contribution in [0.4, 0.5) is 0 Å². The second-order valence-corrected chi connectivity index (χ2v) is 8.88. The Morgan fingerprint density at radius 2 is 2.14 bits per heavy atom. The van der Waals surface area contributed by atoms with Gasteiger partial charge in [-0.05, 0) is 34.2 Å². The maximum atomic E-state index is 12.6. The van der Waals surface area contributed by atoms with Gasteiger partial charge in [0.25, 0.3) is 0 Å². The highest BCUT2D eigenvalue weighted by Gasteiger charge is 2.37. The third kappa shape index (κ3) is 4.09. The summed E-state index contributed by atoms with van der Waals surface area (Å²) in [5.74, 6) is 1.72. The van der Waals surface area contributed by atoms with E-state index in [9.17, 15) is 8.42 Å². The molecule has 0 aliphatic heterocycles. The van der Waals surface area contributed by atoms with E-state index in [2.05, 4.69) is 28.2 Å². The summed E-state index contributed by atoms with van der Waals surface area (Å²) in [6.45, 7) is 7.28. The lowest BCUT2D eigenvalue weighted by Crippen LogP contribution is -2.29. The largest absolute Gasteiger partial charge is 0.452 e. The number of sulfonamides is 1. The van der Waals surface area contributed by atoms with Gasteiger partial charge >= 0.3 is 0 Å². The van der Waals surface area contributed by atoms with Crippen molar-refractivity contribution in [3.63, 3.8) is 0 Å². The van der Waals surface area contributed by atoms with Gasteiger partial charge in [0.1, 0.15) is 10.7 Å². The molecule has 0 bridgehead atoms. The summed E-state index contributed by atoms with van der Waals surface area (Å²) in [6.07, 6.45) is 1.11. The first kappa shape index (κ1) is 17.0. The predicted octanol–water partition coefficient (Wildman–Crippen LogP) is 2.82. The summed E-state index contributed by atoms with van der Waals surface area (Å²) >= 11 is 3.22. The van der Waals surface area contributed by atoms with Crippen molar-refractivity contribution in [3.05, 3.63) is 16.5 Å². The Labute approximate surface area is 135 Å². The van der Waals surface area contributed by atoms with E-state index in [1.54, 1.807) is 13.1 Å². The van der Waals surface area contributed by atoms with E-state index in [0.29, 0.717) is 36.7 Å². The molecule has 1 aliphatic carbocycles. The maximum Gasteiger partial charge on any atom is 0.247 e. The SMILES string of the molecule is CC(C)NCc1cc(S(=O)(=O)N(C)CC2CC2C)c(Br)o1. The van der Waals surface area contributed by atoms with Gasteiger partial charge in [-0.15, -0.1) is 0 Å². The van der Waals surface area contributed by atoms with Crippen molar-refractivity contribution in [1.82, 2.24) is 9.62 Å². The molecule has 1 heterocycles. The standard InChI is InChI=1S/C14H23BrN2O3S/c1-9(2)16-7-12-6-13(14(15)20-12)21(18,19)17(4)8-11-5-10(11)3/h6,9-11,16H,5,7-8H2,1-4H3. The quantitative estimate of drug-likeness (QED) is 0.792. The topological polar surface area (TPSA) is 62.6 Å². The van der Waals surface area contributed by atoms with E-state index >= 15 is 0 Å². The Morgan fingerprint density at radius 3 is 2.67 bits per heavy atom. The number of hydrogen-bond acceptors (Lipinski definition) is 4. The van der Waals surface area contributed by atoms with Gasteiger partial charge in [-0.2, -0.15) is 0 Å². The monoisotopic (exact) mass is 378 g/mol. The summed E-state index contributed by atoms with van der Waals surface area (Å²) in [6, 6.07) is 1.91. The molecule has 120 valence electrons. The van der Waals surface area contributed by atoms with Crippen LogP contribution in [0.3, 0.4) is 0 Å². The molecule has 1 N–H and O–H groups in total. The van der Waals surface area contributed by atoms with Crippen LogP contribution < -0.4 is 5.32 Å². The Bertz CT molecular complexity index is 597. The van der Waals surface area contributed by atoms with E-state index in [-0.39, 0.29) is 9.56 Å². The van der Waals surface area contributed by atoms with Gasteiger partial charge in [-0.1, -0.05) is 20.8 Å². The molecule has 5 nitrogen and oxygen atoms in total. The van der Waals surface area contributed by atoms with E-state index in [0.717, 1.165) is 6.42 Å². The molecule has 21 heavy (non-hydrogen) atoms. The molecule has 0 amide bonds. The average Bonchev–Trinajstić information content (AvgIpc) is 2.93. The minimum atomic E-state index is -3.50. The van der Waals surface area contributed by atoms with E-state index in [1.165, 1.54) is 4.31 Å². The zero-order valence-corrected chi connectivity index (χ0v) is 15.3. The molecular weight excluding hydrogens is 356 g/mol. The summed E-state index contributed by atoms with van der Waals surface area (Å²) in [4.78, 5) is 0.207. The second-order valence-electron chi connectivity index (χ2n) is 6.14. The van der Waals surface area contributed by atoms with Crippen LogP contribution in [0, 0.1) is 11.8 Å². The van der Waals surface area contributed by atoms with E-state index in [4.69, 9.17) is 4.42 Å². The molecule has 2 atom stereocenters. The predicted molar refractivity (Wildman–Crippen MR) is 85.5 cm³/mol. The Kier molecular flexibility index (Phi) is 5.18. The van der Waals surface area contributed by atoms with Crippen LogP contribution in [-0.2, 0) is 16.6 Å². The van der Waals surface area contributed by atoms with Gasteiger partial charge in [0.2, 0.25) is 10.0 Å². The highest BCUT2D eigenvalue weighted by molar-refractivity contribution is 9.10. The van der Waals surface area contributed by atoms with Crippen LogP contribution in [0.1, 0.15) is 33.0 Å². The molecule has 1 fully saturated rings. The number of rotatable bonds is 7. The molecule has 0 saturated heterocycles. The summed E-state index contributed by atoms with van der Waals surface area (Å²) < 4.78 is 32.4. The van der Waals surface area contributed by atoms with Crippen molar-refractivity contribution in [1.29, 1.82) is 0 Å². The number of furan rings is 1. The van der Waals surface area contributed by atoms with Gasteiger partial charge < -0.3 is 9.73 Å². The van der Waals surface area contributed by atoms with Gasteiger partial charge in [-0.25, -0.2) is 12.7 Å². The summed E-state index contributed by atoms with van der Waals surface area (Å²) in [7, 11) is -1.87. The first-order valence-electron chi connectivity index (χ1n) is 7.19. The Morgan fingerprint density at radius 1 is 1.52 bits per heavy atom. The number of nitrogens with one attached hydrogen (secondary N) is 1. The van der Waals surface area contributed by atoms with Crippen LogP contribution in [0.15, 0.2) is 20.0 Å². The fourth-order valence-electron chi connectivity index (χ4n) is 2.22. The van der Waals surface area contributed by atoms with Crippen LogP contribution in [0.25, 0.3) is 0 Å². The lowest BCUT2D eigenvalue weighted by molar-refractivity contribution is 0.435. The van der Waals surface area contributed by atoms with Crippen LogP contribution in [0.2, 0.25) is 0 Å². The maximum absolute atomic E-state index is 12.6. The molecule has 1 saturated carbocycles. The average molecular weight is 379 g/mol. The minimum absolute atomic E-state index is 0.207. The van der Waals surface area contributed by atoms with Crippen LogP contribution in [0.5, 0.6) is 0 Å². The number of nitrogens with zero attached hydrogens (tertiary/aromatic N) is 1. The molecule has 0 radical (unpaired) electrons. The summed E-state index contributed by atoms with van der Waals surface area (Å²) in [5, 5.41) is 3.21. The Hall–Kier alpha value is -0.370. The fraction of sp³-hybridized carbons (Fsp3) is 0.714. The zero-order valence-electron chi connectivity index (χ0n) is 12.9. The molecule has 2 unspecified atom stereocenters. The highest BCUT2D eigenvalue weighted by atomic mass is 79.9. The Balaban J connectivity index is 2.11. The first-order valence-corrected chi connectivity index (χ1v) is 9.43. The number of halogens is 1. The molecular formula is C14H23BrN2O3S. The van der Waals surface area contributed by atoms with Crippen molar-refractivity contribution in [2.75, 3.05) is 13.6 Å². The fourth-order valence-corrected chi connectivity index (χ4v) is 4.40. The van der Waals surface area contributed by atoms with Crippen molar-refractivity contribution in [2.45, 2.75) is 44.7 Å². The molecule has 1 aliphatic rings. The third-order valence-electron chi connectivity index (χ3n) is 3.85. The van der Waals surface area contributed by atoms with Crippen LogP contribution >= 0.6 is 15.9 Å². The van der Waals surface area contributed by atoms with Crippen molar-refractivity contribution >= 4 is 26.0 Å². The van der Waals surface area contributed by atoms with E-state index < -0.39 is 10.0 Å². The van der Waals surface area contributed by atoms with Crippen molar-refractivity contribution in [2.24, 2.45) is 11.8 Å². The van der Waals surface area contributed by atoms with Crippen molar-refractivity contribution in [3.8, 4) is 0 Å². The van der Waals surface area contributed by atoms with Gasteiger partial charge in [-0.3, -0.25) is 0 Å². The minimum Gasteiger partial charge on any atom is -0.452 e. The second kappa shape index (κ2) is 6.40. The molecule has 1 aromatic heterocycles. The third-order valence-corrected chi connectivity index (χ3v) is 6.53. The normalized spacial score (nSPS) is 22.2. The zero-order chi connectivity index (χ0) is 15.8. The van der Waals surface area contributed by atoms with Gasteiger partial charge in [0.15, 0.2) is 4.67 Å². The number of hydrogen-bond donors (Lipinski definition) is 1. The molecule has 0 aromatic carbocycles. The van der Waals surface area contributed by atoms with Crippen LogP contribution in [-0.4, -0.2) is 32.4 Å².